The Labute approximate surface area is 80.2 Å². The number of hydrogen-bond acceptors (Lipinski definition) is 5. The van der Waals surface area contributed by atoms with E-state index in [1.54, 1.807) is 19.0 Å². The van der Waals surface area contributed by atoms with Crippen LogP contribution >= 0.6 is 0 Å². The fourth-order valence-electron chi connectivity index (χ4n) is 0.793. The summed E-state index contributed by atoms with van der Waals surface area (Å²) >= 11 is 0. The van der Waals surface area contributed by atoms with Crippen LogP contribution in [0.15, 0.2) is 12.4 Å². The molecule has 0 fully saturated rings. The molecular formula is C8H9N3O3. The molecule has 0 spiro atoms. The fourth-order valence-corrected chi connectivity index (χ4v) is 0.793. The minimum Gasteiger partial charge on any atom is -0.475 e. The van der Waals surface area contributed by atoms with Crippen molar-refractivity contribution in [2.24, 2.45) is 0 Å². The number of aromatic nitrogens is 2. The molecule has 1 aromatic heterocycles. The van der Waals surface area contributed by atoms with E-state index in [0.29, 0.717) is 5.95 Å². The average molecular weight is 195 g/mol. The Bertz CT molecular complexity index is 359. The number of anilines is 1. The van der Waals surface area contributed by atoms with Crippen molar-refractivity contribution in [2.45, 2.75) is 0 Å². The zero-order valence-electron chi connectivity index (χ0n) is 7.76. The number of hydrogen-bond donors (Lipinski definition) is 1. The maximum absolute atomic E-state index is 10.9. The van der Waals surface area contributed by atoms with Crippen LogP contribution in [0.1, 0.15) is 10.4 Å². The van der Waals surface area contributed by atoms with Crippen LogP contribution in [0.2, 0.25) is 0 Å². The molecule has 0 aliphatic carbocycles. The molecule has 6 heteroatoms. The SMILES string of the molecule is CN(C)c1ncc(C(=O)C(=O)O)cn1. The Morgan fingerprint density at radius 1 is 1.29 bits per heavy atom. The summed E-state index contributed by atoms with van der Waals surface area (Å²) in [5.41, 5.74) is -0.0249. The Hall–Kier alpha value is -1.98. The fraction of sp³-hybridized carbons (Fsp3) is 0.250. The van der Waals surface area contributed by atoms with E-state index < -0.39 is 11.8 Å². The van der Waals surface area contributed by atoms with Crippen LogP contribution in [0.4, 0.5) is 5.95 Å². The maximum Gasteiger partial charge on any atom is 0.377 e. The topological polar surface area (TPSA) is 83.4 Å². The maximum atomic E-state index is 10.9. The van der Waals surface area contributed by atoms with Crippen LogP contribution in [0.3, 0.4) is 0 Å². The molecule has 1 rings (SSSR count). The Morgan fingerprint density at radius 2 is 1.79 bits per heavy atom. The first kappa shape index (κ1) is 10.1. The highest BCUT2D eigenvalue weighted by Gasteiger charge is 2.15. The Morgan fingerprint density at radius 3 is 2.14 bits per heavy atom. The van der Waals surface area contributed by atoms with Gasteiger partial charge < -0.3 is 10.0 Å². The number of rotatable bonds is 3. The van der Waals surface area contributed by atoms with Gasteiger partial charge in [0.1, 0.15) is 0 Å². The van der Waals surface area contributed by atoms with E-state index >= 15 is 0 Å². The number of carbonyl (C=O) groups excluding carboxylic acids is 1. The normalized spacial score (nSPS) is 9.57. The van der Waals surface area contributed by atoms with Gasteiger partial charge in [-0.05, 0) is 0 Å². The van der Waals surface area contributed by atoms with Gasteiger partial charge in [0.25, 0.3) is 5.78 Å². The summed E-state index contributed by atoms with van der Waals surface area (Å²) in [6.07, 6.45) is 2.39. The highest BCUT2D eigenvalue weighted by Crippen LogP contribution is 2.03. The lowest BCUT2D eigenvalue weighted by atomic mass is 10.2. The minimum absolute atomic E-state index is 0.0249. The van der Waals surface area contributed by atoms with Crippen molar-refractivity contribution < 1.29 is 14.7 Å². The summed E-state index contributed by atoms with van der Waals surface area (Å²) in [5, 5.41) is 8.40. The van der Waals surface area contributed by atoms with Gasteiger partial charge in [0.2, 0.25) is 5.95 Å². The third-order valence-corrected chi connectivity index (χ3v) is 1.49. The number of carboxylic acids is 1. The number of aliphatic carboxylic acids is 1. The molecule has 0 saturated carbocycles. The number of Topliss-reactive ketones (excluding diaryl/α,β-unsaturated/α-hetero) is 1. The quantitative estimate of drug-likeness (QED) is 0.531. The summed E-state index contributed by atoms with van der Waals surface area (Å²) in [4.78, 5) is 30.5. The van der Waals surface area contributed by atoms with Gasteiger partial charge in [-0.1, -0.05) is 0 Å². The van der Waals surface area contributed by atoms with Crippen molar-refractivity contribution in [1.29, 1.82) is 0 Å². The van der Waals surface area contributed by atoms with Crippen LogP contribution in [-0.2, 0) is 4.79 Å². The molecule has 74 valence electrons. The third-order valence-electron chi connectivity index (χ3n) is 1.49. The Balaban J connectivity index is 2.94. The molecule has 0 radical (unpaired) electrons. The molecule has 0 atom stereocenters. The molecule has 0 saturated heterocycles. The summed E-state index contributed by atoms with van der Waals surface area (Å²) in [6, 6.07) is 0. The van der Waals surface area contributed by atoms with E-state index in [-0.39, 0.29) is 5.56 Å². The molecule has 1 N–H and O–H groups in total. The molecule has 0 unspecified atom stereocenters. The molecule has 0 bridgehead atoms. The van der Waals surface area contributed by atoms with Crippen LogP contribution in [-0.4, -0.2) is 40.9 Å². The van der Waals surface area contributed by atoms with Crippen LogP contribution in [0.5, 0.6) is 0 Å². The molecule has 14 heavy (non-hydrogen) atoms. The van der Waals surface area contributed by atoms with E-state index in [9.17, 15) is 9.59 Å². The van der Waals surface area contributed by atoms with Crippen LogP contribution in [0.25, 0.3) is 0 Å². The van der Waals surface area contributed by atoms with Crippen LogP contribution in [0, 0.1) is 0 Å². The van der Waals surface area contributed by atoms with E-state index in [0.717, 1.165) is 0 Å². The molecule has 0 aliphatic heterocycles. The number of nitrogens with zero attached hydrogens (tertiary/aromatic N) is 3. The molecular weight excluding hydrogens is 186 g/mol. The molecule has 0 aromatic carbocycles. The zero-order valence-corrected chi connectivity index (χ0v) is 7.76. The largest absolute Gasteiger partial charge is 0.475 e. The van der Waals surface area contributed by atoms with Crippen molar-refractivity contribution in [1.82, 2.24) is 9.97 Å². The van der Waals surface area contributed by atoms with Gasteiger partial charge >= 0.3 is 5.97 Å². The Kier molecular flexibility index (Phi) is 2.76. The van der Waals surface area contributed by atoms with Gasteiger partial charge in [-0.3, -0.25) is 4.79 Å². The average Bonchev–Trinajstić information content (AvgIpc) is 2.16. The predicted octanol–water partition coefficient (Wildman–Crippen LogP) is -0.190. The third kappa shape index (κ3) is 2.03. The van der Waals surface area contributed by atoms with Gasteiger partial charge in [-0.2, -0.15) is 0 Å². The van der Waals surface area contributed by atoms with Crippen molar-refractivity contribution in [3.8, 4) is 0 Å². The minimum atomic E-state index is -1.51. The smallest absolute Gasteiger partial charge is 0.377 e. The van der Waals surface area contributed by atoms with E-state index in [1.807, 2.05) is 0 Å². The molecule has 1 aromatic rings. The first-order chi connectivity index (χ1) is 6.52. The van der Waals surface area contributed by atoms with Crippen molar-refractivity contribution in [3.63, 3.8) is 0 Å². The lowest BCUT2D eigenvalue weighted by Crippen LogP contribution is -2.16. The summed E-state index contributed by atoms with van der Waals surface area (Å²) in [7, 11) is 3.49. The second-order valence-corrected chi connectivity index (χ2v) is 2.80. The predicted molar refractivity (Wildman–Crippen MR) is 48.3 cm³/mol. The van der Waals surface area contributed by atoms with Gasteiger partial charge in [-0.15, -0.1) is 0 Å². The van der Waals surface area contributed by atoms with Gasteiger partial charge in [0, 0.05) is 26.5 Å². The molecule has 6 nitrogen and oxygen atoms in total. The highest BCUT2D eigenvalue weighted by atomic mass is 16.4. The van der Waals surface area contributed by atoms with E-state index in [2.05, 4.69) is 9.97 Å². The first-order valence-corrected chi connectivity index (χ1v) is 3.79. The van der Waals surface area contributed by atoms with E-state index in [1.165, 1.54) is 12.4 Å². The summed E-state index contributed by atoms with van der Waals surface area (Å²) in [6.45, 7) is 0. The zero-order chi connectivity index (χ0) is 10.7. The van der Waals surface area contributed by atoms with Gasteiger partial charge in [0.05, 0.1) is 5.56 Å². The molecule has 1 heterocycles. The summed E-state index contributed by atoms with van der Waals surface area (Å²) < 4.78 is 0. The number of carbonyl (C=O) groups is 2. The lowest BCUT2D eigenvalue weighted by molar-refractivity contribution is -0.131. The summed E-state index contributed by atoms with van der Waals surface area (Å²) in [5.74, 6) is -2.09. The molecule has 0 aliphatic rings. The first-order valence-electron chi connectivity index (χ1n) is 3.79. The standard InChI is InChI=1S/C8H9N3O3/c1-11(2)8-9-3-5(4-10-8)6(12)7(13)14/h3-4H,1-2H3,(H,13,14). The highest BCUT2D eigenvalue weighted by molar-refractivity contribution is 6.39. The van der Waals surface area contributed by atoms with Gasteiger partial charge in [0.15, 0.2) is 0 Å². The second kappa shape index (κ2) is 3.82. The number of ketones is 1. The lowest BCUT2D eigenvalue weighted by Gasteiger charge is -2.08. The molecule has 0 amide bonds. The van der Waals surface area contributed by atoms with Crippen molar-refractivity contribution >= 4 is 17.7 Å². The van der Waals surface area contributed by atoms with E-state index in [4.69, 9.17) is 5.11 Å². The van der Waals surface area contributed by atoms with Crippen molar-refractivity contribution in [2.75, 3.05) is 19.0 Å². The monoisotopic (exact) mass is 195 g/mol. The van der Waals surface area contributed by atoms with Crippen LogP contribution < -0.4 is 4.90 Å². The second-order valence-electron chi connectivity index (χ2n) is 2.80. The number of carboxylic acid groups (broad SMARTS) is 1. The van der Waals surface area contributed by atoms with Gasteiger partial charge in [-0.25, -0.2) is 14.8 Å². The van der Waals surface area contributed by atoms with Crippen molar-refractivity contribution in [3.05, 3.63) is 18.0 Å².